The van der Waals surface area contributed by atoms with E-state index in [9.17, 15) is 4.79 Å². The smallest absolute Gasteiger partial charge is 0.410 e. The monoisotopic (exact) mass is 434 g/mol. The highest BCUT2D eigenvalue weighted by atomic mass is 16.6. The van der Waals surface area contributed by atoms with Gasteiger partial charge in [0.05, 0.1) is 18.3 Å². The van der Waals surface area contributed by atoms with E-state index in [-0.39, 0.29) is 12.1 Å². The van der Waals surface area contributed by atoms with Gasteiger partial charge < -0.3 is 24.4 Å². The van der Waals surface area contributed by atoms with Crippen molar-refractivity contribution in [3.8, 4) is 0 Å². The molecule has 9 nitrogen and oxygen atoms in total. The summed E-state index contributed by atoms with van der Waals surface area (Å²) < 4.78 is 10.6. The molecule has 0 saturated carbocycles. The van der Waals surface area contributed by atoms with E-state index in [0.29, 0.717) is 6.54 Å². The average Bonchev–Trinajstić information content (AvgIpc) is 3.24. The van der Waals surface area contributed by atoms with Gasteiger partial charge in [0.2, 0.25) is 0 Å². The third-order valence-corrected chi connectivity index (χ3v) is 5.59. The van der Waals surface area contributed by atoms with Crippen LogP contribution in [-0.4, -0.2) is 89.4 Å². The lowest BCUT2D eigenvalue weighted by Gasteiger charge is -2.38. The van der Waals surface area contributed by atoms with Crippen LogP contribution >= 0.6 is 0 Å². The number of carbonyl (C=O) groups excluding carboxylic acids is 1. The van der Waals surface area contributed by atoms with Gasteiger partial charge in [-0.15, -0.1) is 0 Å². The Hall–Kier alpha value is -2.29. The second kappa shape index (κ2) is 10.8. The number of nitrogens with one attached hydrogen (secondary N) is 1. The predicted octanol–water partition coefficient (Wildman–Crippen LogP) is 2.55. The summed E-state index contributed by atoms with van der Waals surface area (Å²) in [6, 6.07) is 2.00. The molecule has 0 aliphatic carbocycles. The Balaban J connectivity index is 1.57. The molecule has 3 heterocycles. The third-order valence-electron chi connectivity index (χ3n) is 5.59. The quantitative estimate of drug-likeness (QED) is 0.563. The van der Waals surface area contributed by atoms with Crippen LogP contribution < -0.4 is 5.32 Å². The van der Waals surface area contributed by atoms with Crippen LogP contribution in [0.1, 0.15) is 52.7 Å². The molecule has 0 spiro atoms. The highest BCUT2D eigenvalue weighted by Crippen LogP contribution is 2.21. The topological polar surface area (TPSA) is 86.4 Å². The maximum Gasteiger partial charge on any atom is 0.410 e. The number of amides is 1. The maximum atomic E-state index is 12.7. The van der Waals surface area contributed by atoms with Crippen LogP contribution in [0, 0.1) is 0 Å². The number of piperazine rings is 1. The van der Waals surface area contributed by atoms with Gasteiger partial charge in [-0.1, -0.05) is 5.16 Å². The molecule has 2 aliphatic rings. The Labute approximate surface area is 185 Å². The third kappa shape index (κ3) is 7.12. The number of carbonyl (C=O) groups is 1. The summed E-state index contributed by atoms with van der Waals surface area (Å²) in [5.41, 5.74) is 0.483. The van der Waals surface area contributed by atoms with Crippen LogP contribution in [0.2, 0.25) is 0 Å². The van der Waals surface area contributed by atoms with E-state index in [0.717, 1.165) is 76.7 Å². The maximum absolute atomic E-state index is 12.7. The van der Waals surface area contributed by atoms with Crippen molar-refractivity contribution in [1.29, 1.82) is 0 Å². The van der Waals surface area contributed by atoms with E-state index < -0.39 is 5.60 Å². The summed E-state index contributed by atoms with van der Waals surface area (Å²) in [6.07, 6.45) is 4.50. The fourth-order valence-corrected chi connectivity index (χ4v) is 4.03. The molecule has 174 valence electrons. The minimum atomic E-state index is -0.483. The standard InChI is InChI=1S/C22H38N6O3/c1-5-23-20(27-13-11-26(12-14-27)17-18-9-15-30-25-18)24-16-19-8-6-7-10-28(19)21(29)31-22(2,3)4/h9,15,19H,5-8,10-14,16-17H2,1-4H3,(H,23,24). The molecule has 1 aromatic heterocycles. The molecule has 1 N–H and O–H groups in total. The van der Waals surface area contributed by atoms with Crippen molar-refractivity contribution in [1.82, 2.24) is 25.2 Å². The molecule has 0 aromatic carbocycles. The first-order chi connectivity index (χ1) is 14.9. The zero-order valence-electron chi connectivity index (χ0n) is 19.5. The van der Waals surface area contributed by atoms with Crippen LogP contribution in [0.4, 0.5) is 4.79 Å². The molecule has 1 amide bonds. The zero-order chi connectivity index (χ0) is 22.3. The van der Waals surface area contributed by atoms with Crippen LogP contribution in [0.5, 0.6) is 0 Å². The number of nitrogens with zero attached hydrogens (tertiary/aromatic N) is 5. The Morgan fingerprint density at radius 1 is 1.26 bits per heavy atom. The molecule has 1 unspecified atom stereocenters. The van der Waals surface area contributed by atoms with Gasteiger partial charge in [-0.2, -0.15) is 0 Å². The molecule has 9 heteroatoms. The predicted molar refractivity (Wildman–Crippen MR) is 120 cm³/mol. The Morgan fingerprint density at radius 2 is 2.03 bits per heavy atom. The first-order valence-electron chi connectivity index (χ1n) is 11.5. The number of guanidine groups is 1. The molecular weight excluding hydrogens is 396 g/mol. The molecule has 1 aromatic rings. The van der Waals surface area contributed by atoms with Crippen LogP contribution in [0.15, 0.2) is 21.8 Å². The summed E-state index contributed by atoms with van der Waals surface area (Å²) in [5.74, 6) is 0.929. The van der Waals surface area contributed by atoms with Crippen molar-refractivity contribution in [2.24, 2.45) is 4.99 Å². The Kier molecular flexibility index (Phi) is 8.17. The van der Waals surface area contributed by atoms with E-state index in [1.807, 2.05) is 31.7 Å². The van der Waals surface area contributed by atoms with Crippen molar-refractivity contribution < 1.29 is 14.1 Å². The van der Waals surface area contributed by atoms with E-state index in [1.165, 1.54) is 0 Å². The van der Waals surface area contributed by atoms with Crippen LogP contribution in [0.3, 0.4) is 0 Å². The molecule has 0 bridgehead atoms. The Morgan fingerprint density at radius 3 is 2.68 bits per heavy atom. The van der Waals surface area contributed by atoms with Crippen molar-refractivity contribution in [2.75, 3.05) is 45.8 Å². The van der Waals surface area contributed by atoms with E-state index >= 15 is 0 Å². The molecule has 2 saturated heterocycles. The normalized spacial score (nSPS) is 21.3. The first-order valence-corrected chi connectivity index (χ1v) is 11.5. The van der Waals surface area contributed by atoms with Crippen molar-refractivity contribution in [2.45, 2.75) is 65.1 Å². The lowest BCUT2D eigenvalue weighted by atomic mass is 10.0. The molecular formula is C22H38N6O3. The number of rotatable bonds is 5. The van der Waals surface area contributed by atoms with E-state index in [4.69, 9.17) is 14.3 Å². The number of piperidine rings is 1. The molecule has 2 aliphatic heterocycles. The van der Waals surface area contributed by atoms with Gasteiger partial charge in [-0.3, -0.25) is 9.89 Å². The van der Waals surface area contributed by atoms with Gasteiger partial charge in [-0.05, 0) is 47.0 Å². The fraction of sp³-hybridized carbons (Fsp3) is 0.773. The molecule has 31 heavy (non-hydrogen) atoms. The number of likely N-dealkylation sites (tertiary alicyclic amines) is 1. The van der Waals surface area contributed by atoms with Gasteiger partial charge in [-0.25, -0.2) is 4.79 Å². The SMILES string of the molecule is CCNC(=NCC1CCCCN1C(=O)OC(C)(C)C)N1CCN(Cc2ccon2)CC1. The molecule has 1 atom stereocenters. The number of hydrogen-bond donors (Lipinski definition) is 1. The van der Waals surface area contributed by atoms with Gasteiger partial charge in [0.25, 0.3) is 0 Å². The Bertz CT molecular complexity index is 707. The zero-order valence-corrected chi connectivity index (χ0v) is 19.5. The summed E-state index contributed by atoms with van der Waals surface area (Å²) in [6.45, 7) is 14.5. The summed E-state index contributed by atoms with van der Waals surface area (Å²) >= 11 is 0. The minimum Gasteiger partial charge on any atom is -0.444 e. The van der Waals surface area contributed by atoms with Gasteiger partial charge in [0.15, 0.2) is 5.96 Å². The number of hydrogen-bond acceptors (Lipinski definition) is 6. The van der Waals surface area contributed by atoms with E-state index in [1.54, 1.807) is 6.26 Å². The van der Waals surface area contributed by atoms with Gasteiger partial charge in [0.1, 0.15) is 11.9 Å². The number of aromatic nitrogens is 1. The lowest BCUT2D eigenvalue weighted by molar-refractivity contribution is 0.0109. The largest absolute Gasteiger partial charge is 0.444 e. The summed E-state index contributed by atoms with van der Waals surface area (Å²) in [5, 5.41) is 7.44. The van der Waals surface area contributed by atoms with Crippen molar-refractivity contribution in [3.05, 3.63) is 18.0 Å². The van der Waals surface area contributed by atoms with Crippen LogP contribution in [0.25, 0.3) is 0 Å². The van der Waals surface area contributed by atoms with Crippen LogP contribution in [-0.2, 0) is 11.3 Å². The highest BCUT2D eigenvalue weighted by Gasteiger charge is 2.30. The second-order valence-corrected chi connectivity index (χ2v) is 9.27. The fourth-order valence-electron chi connectivity index (χ4n) is 4.03. The number of aliphatic imine (C=N–C) groups is 1. The lowest BCUT2D eigenvalue weighted by Crippen LogP contribution is -2.53. The number of ether oxygens (including phenoxy) is 1. The summed E-state index contributed by atoms with van der Waals surface area (Å²) in [4.78, 5) is 24.2. The first kappa shape index (κ1) is 23.4. The van der Waals surface area contributed by atoms with Gasteiger partial charge in [0, 0.05) is 51.9 Å². The summed E-state index contributed by atoms with van der Waals surface area (Å²) in [7, 11) is 0. The molecule has 3 rings (SSSR count). The molecule has 2 fully saturated rings. The highest BCUT2D eigenvalue weighted by molar-refractivity contribution is 5.80. The van der Waals surface area contributed by atoms with Crippen molar-refractivity contribution >= 4 is 12.1 Å². The second-order valence-electron chi connectivity index (χ2n) is 9.27. The average molecular weight is 435 g/mol. The molecule has 0 radical (unpaired) electrons. The minimum absolute atomic E-state index is 0.0886. The van der Waals surface area contributed by atoms with Gasteiger partial charge >= 0.3 is 6.09 Å². The van der Waals surface area contributed by atoms with E-state index in [2.05, 4.69) is 27.2 Å². The van der Waals surface area contributed by atoms with Crippen molar-refractivity contribution in [3.63, 3.8) is 0 Å².